The maximum atomic E-state index is 14.8. The lowest BCUT2D eigenvalue weighted by atomic mass is 9.71. The molecule has 1 unspecified atom stereocenters. The van der Waals surface area contributed by atoms with E-state index in [-0.39, 0.29) is 43.6 Å². The van der Waals surface area contributed by atoms with Crippen LogP contribution in [0, 0.1) is 5.82 Å². The van der Waals surface area contributed by atoms with Crippen LogP contribution < -0.4 is 10.1 Å². The highest BCUT2D eigenvalue weighted by molar-refractivity contribution is 6.30. The minimum atomic E-state index is -1.19. The highest BCUT2D eigenvalue weighted by Crippen LogP contribution is 2.36. The number of hydrogen-bond acceptors (Lipinski definition) is 6. The molecule has 0 bridgehead atoms. The van der Waals surface area contributed by atoms with E-state index in [0.717, 1.165) is 24.9 Å². The number of benzene rings is 2. The minimum Gasteiger partial charge on any atom is -0.488 e. The van der Waals surface area contributed by atoms with Crippen molar-refractivity contribution in [3.63, 3.8) is 0 Å². The first-order chi connectivity index (χ1) is 17.4. The molecule has 0 aliphatic carbocycles. The molecule has 2 aromatic carbocycles. The molecule has 0 spiro atoms. The van der Waals surface area contributed by atoms with E-state index in [1.165, 1.54) is 18.0 Å². The Labute approximate surface area is 211 Å². The number of morpholine rings is 1. The van der Waals surface area contributed by atoms with E-state index in [1.807, 2.05) is 6.07 Å². The fourth-order valence-electron chi connectivity index (χ4n) is 4.80. The zero-order valence-corrected chi connectivity index (χ0v) is 20.7. The number of nitrogens with zero attached hydrogens (tertiary/aromatic N) is 2. The Kier molecular flexibility index (Phi) is 8.06. The number of rotatable bonds is 10. The van der Waals surface area contributed by atoms with Crippen molar-refractivity contribution in [1.82, 2.24) is 15.1 Å². The van der Waals surface area contributed by atoms with Crippen LogP contribution in [0.5, 0.6) is 5.75 Å². The van der Waals surface area contributed by atoms with Gasteiger partial charge in [-0.1, -0.05) is 18.2 Å². The zero-order chi connectivity index (χ0) is 25.7. The molecule has 8 nitrogen and oxygen atoms in total. The lowest BCUT2D eigenvalue weighted by Gasteiger charge is -2.37. The number of carbonyl (C=O) groups is 3. The van der Waals surface area contributed by atoms with Gasteiger partial charge < -0.3 is 24.5 Å². The first-order valence-corrected chi connectivity index (χ1v) is 12.2. The molecule has 0 saturated carbocycles. The van der Waals surface area contributed by atoms with E-state index in [9.17, 15) is 18.8 Å². The Balaban J connectivity index is 1.48. The molecule has 4 rings (SSSR count). The highest BCUT2D eigenvalue weighted by atomic mass is 19.1. The van der Waals surface area contributed by atoms with E-state index in [4.69, 9.17) is 9.47 Å². The van der Waals surface area contributed by atoms with Gasteiger partial charge in [0.1, 0.15) is 32.3 Å². The van der Waals surface area contributed by atoms with E-state index in [2.05, 4.69) is 10.2 Å². The molecule has 190 valence electrons. The Bertz CT molecular complexity index is 1140. The van der Waals surface area contributed by atoms with Crippen LogP contribution in [0.3, 0.4) is 0 Å². The molecule has 0 aromatic heterocycles. The number of carbonyl (C=O) groups excluding carboxylic acids is 3. The van der Waals surface area contributed by atoms with Crippen LogP contribution in [-0.2, 0) is 34.0 Å². The number of halogens is 1. The quantitative estimate of drug-likeness (QED) is 0.395. The monoisotopic (exact) mass is 495 g/mol. The first kappa shape index (κ1) is 25.8. The van der Waals surface area contributed by atoms with Crippen molar-refractivity contribution in [3.05, 3.63) is 64.5 Å². The van der Waals surface area contributed by atoms with Gasteiger partial charge in [-0.15, -0.1) is 0 Å². The molecule has 2 heterocycles. The number of amides is 2. The number of nitrogens with one attached hydrogen (secondary N) is 1. The van der Waals surface area contributed by atoms with E-state index >= 15 is 0 Å². The Morgan fingerprint density at radius 1 is 1.28 bits per heavy atom. The van der Waals surface area contributed by atoms with Gasteiger partial charge in [-0.25, -0.2) is 4.39 Å². The normalized spacial score (nSPS) is 17.4. The largest absolute Gasteiger partial charge is 0.488 e. The third-order valence-electron chi connectivity index (χ3n) is 7.00. The van der Waals surface area contributed by atoms with Crippen LogP contribution in [0.15, 0.2) is 36.4 Å². The molecule has 2 aliphatic rings. The third-order valence-corrected chi connectivity index (χ3v) is 7.00. The van der Waals surface area contributed by atoms with E-state index in [1.54, 1.807) is 32.1 Å². The number of likely N-dealkylation sites (N-methyl/N-ethyl adjacent to an activating group) is 1. The molecule has 1 N–H and O–H groups in total. The molecule has 1 atom stereocenters. The molecule has 2 amide bonds. The fraction of sp³-hybridized carbons (Fsp3) is 0.423. The number of hydrogen-bond donors (Lipinski definition) is 1. The Morgan fingerprint density at radius 2 is 2.06 bits per heavy atom. The van der Waals surface area contributed by atoms with Gasteiger partial charge >= 0.3 is 0 Å². The summed E-state index contributed by atoms with van der Waals surface area (Å²) in [7, 11) is 3.16. The third kappa shape index (κ3) is 5.29. The molecule has 0 radical (unpaired) electrons. The van der Waals surface area contributed by atoms with Gasteiger partial charge in [0.2, 0.25) is 5.91 Å². The van der Waals surface area contributed by atoms with Crippen molar-refractivity contribution in [3.8, 4) is 5.75 Å². The van der Waals surface area contributed by atoms with Crippen molar-refractivity contribution in [2.45, 2.75) is 38.0 Å². The maximum absolute atomic E-state index is 14.8. The van der Waals surface area contributed by atoms with Crippen LogP contribution in [-0.4, -0.2) is 74.5 Å². The molecule has 36 heavy (non-hydrogen) atoms. The van der Waals surface area contributed by atoms with E-state index < -0.39 is 5.44 Å². The standard InChI is InChI=1S/C26H31BFN3O5/c1-29-25(34)26(27,8-3-11-32)31-16-21-20(24(31)33)4-2-5-23(21)36-17-19-7-6-18(14-22(19)28)15-30-9-12-35-13-10-30/h2,4-7,11,14H,3,8-10,12-13,15-17,27H2,1H3,(H,29,34). The van der Waals surface area contributed by atoms with Crippen LogP contribution in [0.1, 0.15) is 39.9 Å². The van der Waals surface area contributed by atoms with Gasteiger partial charge in [-0.3, -0.25) is 14.5 Å². The molecule has 1 saturated heterocycles. The number of fused-ring (bicyclic) bond motifs is 1. The predicted octanol–water partition coefficient (Wildman–Crippen LogP) is 1.25. The highest BCUT2D eigenvalue weighted by Gasteiger charge is 2.45. The summed E-state index contributed by atoms with van der Waals surface area (Å²) in [5.74, 6) is -0.514. The summed E-state index contributed by atoms with van der Waals surface area (Å²) in [6.07, 6.45) is 1.09. The van der Waals surface area contributed by atoms with Gasteiger partial charge in [0.15, 0.2) is 0 Å². The summed E-state index contributed by atoms with van der Waals surface area (Å²) >= 11 is 0. The molecule has 1 fully saturated rings. The van der Waals surface area contributed by atoms with Crippen LogP contribution in [0.25, 0.3) is 0 Å². The molecule has 2 aliphatic heterocycles. The van der Waals surface area contributed by atoms with Gasteiger partial charge in [0.25, 0.3) is 5.91 Å². The van der Waals surface area contributed by atoms with Crippen molar-refractivity contribution in [2.75, 3.05) is 33.4 Å². The van der Waals surface area contributed by atoms with Crippen LogP contribution in [0.2, 0.25) is 0 Å². The van der Waals surface area contributed by atoms with Crippen molar-refractivity contribution >= 4 is 25.9 Å². The van der Waals surface area contributed by atoms with Crippen molar-refractivity contribution in [2.24, 2.45) is 0 Å². The summed E-state index contributed by atoms with van der Waals surface area (Å²) in [5.41, 5.74) is 1.21. The summed E-state index contributed by atoms with van der Waals surface area (Å²) in [6, 6.07) is 10.3. The van der Waals surface area contributed by atoms with E-state index in [0.29, 0.717) is 42.2 Å². The van der Waals surface area contributed by atoms with Gasteiger partial charge in [0, 0.05) is 49.8 Å². The summed E-state index contributed by atoms with van der Waals surface area (Å²) in [6.45, 7) is 3.87. The average molecular weight is 495 g/mol. The SMILES string of the molecule is BC(CCC=O)(C(=O)NC)N1Cc2c(OCc3ccc(CN4CCOCC4)cc3F)cccc2C1=O. The second-order valence-electron chi connectivity index (χ2n) is 9.33. The summed E-state index contributed by atoms with van der Waals surface area (Å²) in [5, 5.41) is 2.61. The van der Waals surface area contributed by atoms with Gasteiger partial charge in [0.05, 0.1) is 25.2 Å². The number of ether oxygens (including phenoxy) is 2. The Morgan fingerprint density at radius 3 is 2.75 bits per heavy atom. The summed E-state index contributed by atoms with van der Waals surface area (Å²) < 4.78 is 26.2. The lowest BCUT2D eigenvalue weighted by Crippen LogP contribution is -2.59. The fourth-order valence-corrected chi connectivity index (χ4v) is 4.80. The number of aldehydes is 1. The first-order valence-electron chi connectivity index (χ1n) is 12.2. The van der Waals surface area contributed by atoms with Gasteiger partial charge in [-0.05, 0) is 30.2 Å². The van der Waals surface area contributed by atoms with Crippen LogP contribution in [0.4, 0.5) is 4.39 Å². The average Bonchev–Trinajstić information content (AvgIpc) is 3.24. The van der Waals surface area contributed by atoms with Crippen molar-refractivity contribution < 1.29 is 28.2 Å². The van der Waals surface area contributed by atoms with Gasteiger partial charge in [-0.2, -0.15) is 0 Å². The summed E-state index contributed by atoms with van der Waals surface area (Å²) in [4.78, 5) is 40.7. The molecular weight excluding hydrogens is 464 g/mol. The van der Waals surface area contributed by atoms with Crippen molar-refractivity contribution in [1.29, 1.82) is 0 Å². The van der Waals surface area contributed by atoms with Crippen LogP contribution >= 0.6 is 0 Å². The smallest absolute Gasteiger partial charge is 0.254 e. The minimum absolute atomic E-state index is 0.00612. The molecular formula is C26H31BFN3O5. The lowest BCUT2D eigenvalue weighted by molar-refractivity contribution is -0.127. The second kappa shape index (κ2) is 11.2. The molecule has 2 aromatic rings. The predicted molar refractivity (Wildman–Crippen MR) is 134 cm³/mol. The maximum Gasteiger partial charge on any atom is 0.254 e. The zero-order valence-electron chi connectivity index (χ0n) is 20.7. The Hall–Kier alpha value is -3.24. The molecule has 10 heteroatoms. The topological polar surface area (TPSA) is 88.2 Å². The second-order valence-corrected chi connectivity index (χ2v) is 9.33.